The van der Waals surface area contributed by atoms with Gasteiger partial charge >= 0.3 is 0 Å². The molecule has 1 aromatic carbocycles. The molecule has 96 valence electrons. The van der Waals surface area contributed by atoms with Gasteiger partial charge in [0.15, 0.2) is 5.82 Å². The minimum Gasteiger partial charge on any atom is -0.497 e. The minimum absolute atomic E-state index is 0.637. The Balaban J connectivity index is 1.96. The number of hydrogen-bond donors (Lipinski definition) is 0. The van der Waals surface area contributed by atoms with Gasteiger partial charge < -0.3 is 9.26 Å². The summed E-state index contributed by atoms with van der Waals surface area (Å²) >= 11 is 0. The van der Waals surface area contributed by atoms with E-state index in [0.29, 0.717) is 18.3 Å². The summed E-state index contributed by atoms with van der Waals surface area (Å²) in [6.45, 7) is 3.26. The SMILES string of the molecule is COc1cccc(CN(C)Cc2nc(C)no2)c1. The van der Waals surface area contributed by atoms with Crippen LogP contribution in [-0.4, -0.2) is 29.2 Å². The van der Waals surface area contributed by atoms with Crippen molar-refractivity contribution in [2.24, 2.45) is 0 Å². The summed E-state index contributed by atoms with van der Waals surface area (Å²) < 4.78 is 10.3. The molecule has 1 aromatic heterocycles. The third-order valence-corrected chi connectivity index (χ3v) is 2.56. The molecule has 0 bridgehead atoms. The highest BCUT2D eigenvalue weighted by Crippen LogP contribution is 2.14. The normalized spacial score (nSPS) is 10.9. The van der Waals surface area contributed by atoms with E-state index in [-0.39, 0.29) is 0 Å². The predicted molar refractivity (Wildman–Crippen MR) is 67.2 cm³/mol. The van der Waals surface area contributed by atoms with E-state index in [0.717, 1.165) is 12.3 Å². The number of ether oxygens (including phenoxy) is 1. The Kier molecular flexibility index (Phi) is 3.94. The maximum Gasteiger partial charge on any atom is 0.240 e. The first-order valence-electron chi connectivity index (χ1n) is 5.78. The second kappa shape index (κ2) is 5.64. The van der Waals surface area contributed by atoms with Crippen molar-refractivity contribution >= 4 is 0 Å². The number of benzene rings is 1. The summed E-state index contributed by atoms with van der Waals surface area (Å²) in [6.07, 6.45) is 0. The first-order valence-corrected chi connectivity index (χ1v) is 5.78. The highest BCUT2D eigenvalue weighted by Gasteiger charge is 2.07. The summed E-state index contributed by atoms with van der Waals surface area (Å²) in [5, 5.41) is 3.77. The number of nitrogens with zero attached hydrogens (tertiary/aromatic N) is 3. The summed E-state index contributed by atoms with van der Waals surface area (Å²) in [5.41, 5.74) is 1.19. The first-order chi connectivity index (χ1) is 8.67. The first kappa shape index (κ1) is 12.6. The molecule has 0 aliphatic heterocycles. The van der Waals surface area contributed by atoms with E-state index in [4.69, 9.17) is 9.26 Å². The molecule has 0 saturated carbocycles. The van der Waals surface area contributed by atoms with Crippen molar-refractivity contribution in [2.75, 3.05) is 14.2 Å². The van der Waals surface area contributed by atoms with Crippen molar-refractivity contribution in [1.82, 2.24) is 15.0 Å². The molecule has 5 nitrogen and oxygen atoms in total. The van der Waals surface area contributed by atoms with Crippen LogP contribution in [0.3, 0.4) is 0 Å². The van der Waals surface area contributed by atoms with Crippen LogP contribution in [0.25, 0.3) is 0 Å². The average Bonchev–Trinajstić information content (AvgIpc) is 2.74. The minimum atomic E-state index is 0.637. The lowest BCUT2D eigenvalue weighted by atomic mass is 10.2. The molecule has 0 unspecified atom stereocenters. The van der Waals surface area contributed by atoms with E-state index < -0.39 is 0 Å². The van der Waals surface area contributed by atoms with E-state index in [1.165, 1.54) is 5.56 Å². The van der Waals surface area contributed by atoms with Crippen LogP contribution in [0.4, 0.5) is 0 Å². The maximum absolute atomic E-state index is 5.20. The fourth-order valence-electron chi connectivity index (χ4n) is 1.77. The van der Waals surface area contributed by atoms with Crippen LogP contribution < -0.4 is 4.74 Å². The zero-order chi connectivity index (χ0) is 13.0. The third-order valence-electron chi connectivity index (χ3n) is 2.56. The molecule has 0 N–H and O–H groups in total. The molecule has 2 aromatic rings. The summed E-state index contributed by atoms with van der Waals surface area (Å²) in [5.74, 6) is 2.17. The van der Waals surface area contributed by atoms with Crippen molar-refractivity contribution in [3.8, 4) is 5.75 Å². The highest BCUT2D eigenvalue weighted by molar-refractivity contribution is 5.28. The van der Waals surface area contributed by atoms with Crippen LogP contribution in [0, 0.1) is 6.92 Å². The molecule has 0 atom stereocenters. The Labute approximate surface area is 106 Å². The molecule has 18 heavy (non-hydrogen) atoms. The molecule has 0 saturated heterocycles. The van der Waals surface area contributed by atoms with Gasteiger partial charge in [0.2, 0.25) is 5.89 Å². The smallest absolute Gasteiger partial charge is 0.240 e. The molecular formula is C13H17N3O2. The van der Waals surface area contributed by atoms with Crippen LogP contribution in [0.15, 0.2) is 28.8 Å². The van der Waals surface area contributed by atoms with Crippen LogP contribution in [0.5, 0.6) is 5.75 Å². The fourth-order valence-corrected chi connectivity index (χ4v) is 1.77. The second-order valence-electron chi connectivity index (χ2n) is 4.26. The van der Waals surface area contributed by atoms with Crippen molar-refractivity contribution in [1.29, 1.82) is 0 Å². The topological polar surface area (TPSA) is 51.4 Å². The molecule has 1 heterocycles. The molecule has 2 rings (SSSR count). The zero-order valence-corrected chi connectivity index (χ0v) is 10.9. The quantitative estimate of drug-likeness (QED) is 0.809. The van der Waals surface area contributed by atoms with Gasteiger partial charge in [0.1, 0.15) is 5.75 Å². The number of hydrogen-bond acceptors (Lipinski definition) is 5. The number of methoxy groups -OCH3 is 1. The van der Waals surface area contributed by atoms with Gasteiger partial charge in [0, 0.05) is 6.54 Å². The molecule has 0 fully saturated rings. The van der Waals surface area contributed by atoms with Crippen LogP contribution >= 0.6 is 0 Å². The molecule has 0 radical (unpaired) electrons. The summed E-state index contributed by atoms with van der Waals surface area (Å²) in [4.78, 5) is 6.29. The molecule has 0 spiro atoms. The van der Waals surface area contributed by atoms with Crippen molar-refractivity contribution in [2.45, 2.75) is 20.0 Å². The number of aryl methyl sites for hydroxylation is 1. The summed E-state index contributed by atoms with van der Waals surface area (Å²) in [6, 6.07) is 8.01. The monoisotopic (exact) mass is 247 g/mol. The Hall–Kier alpha value is -1.88. The standard InChI is InChI=1S/C13H17N3O2/c1-10-14-13(18-15-10)9-16(2)8-11-5-4-6-12(7-11)17-3/h4-7H,8-9H2,1-3H3. The lowest BCUT2D eigenvalue weighted by Gasteiger charge is -2.14. The number of aromatic nitrogens is 2. The van der Waals surface area contributed by atoms with Crippen LogP contribution in [-0.2, 0) is 13.1 Å². The predicted octanol–water partition coefficient (Wildman–Crippen LogP) is 2.02. The Morgan fingerprint density at radius 3 is 2.83 bits per heavy atom. The maximum atomic E-state index is 5.20. The lowest BCUT2D eigenvalue weighted by Crippen LogP contribution is -2.17. The van der Waals surface area contributed by atoms with Gasteiger partial charge in [-0.05, 0) is 31.7 Å². The van der Waals surface area contributed by atoms with Gasteiger partial charge in [-0.15, -0.1) is 0 Å². The van der Waals surface area contributed by atoms with E-state index in [9.17, 15) is 0 Å². The van der Waals surface area contributed by atoms with Gasteiger partial charge in [-0.2, -0.15) is 4.98 Å². The molecular weight excluding hydrogens is 230 g/mol. The van der Waals surface area contributed by atoms with Crippen molar-refractivity contribution in [3.05, 3.63) is 41.5 Å². The fraction of sp³-hybridized carbons (Fsp3) is 0.385. The van der Waals surface area contributed by atoms with Crippen LogP contribution in [0.2, 0.25) is 0 Å². The highest BCUT2D eigenvalue weighted by atomic mass is 16.5. The Morgan fingerprint density at radius 1 is 1.33 bits per heavy atom. The van der Waals surface area contributed by atoms with Gasteiger partial charge in [-0.3, -0.25) is 4.90 Å². The third kappa shape index (κ3) is 3.30. The largest absolute Gasteiger partial charge is 0.497 e. The van der Waals surface area contributed by atoms with E-state index >= 15 is 0 Å². The number of rotatable bonds is 5. The van der Waals surface area contributed by atoms with Gasteiger partial charge in [-0.25, -0.2) is 0 Å². The lowest BCUT2D eigenvalue weighted by molar-refractivity contribution is 0.260. The molecule has 0 amide bonds. The van der Waals surface area contributed by atoms with Gasteiger partial charge in [-0.1, -0.05) is 17.3 Å². The zero-order valence-electron chi connectivity index (χ0n) is 10.9. The Morgan fingerprint density at radius 2 is 2.17 bits per heavy atom. The summed E-state index contributed by atoms with van der Waals surface area (Å²) in [7, 11) is 3.68. The van der Waals surface area contributed by atoms with E-state index in [2.05, 4.69) is 21.1 Å². The second-order valence-corrected chi connectivity index (χ2v) is 4.26. The molecule has 0 aliphatic rings. The Bertz CT molecular complexity index is 510. The molecule has 5 heteroatoms. The van der Waals surface area contributed by atoms with Gasteiger partial charge in [0.05, 0.1) is 13.7 Å². The van der Waals surface area contributed by atoms with Gasteiger partial charge in [0.25, 0.3) is 0 Å². The molecule has 0 aliphatic carbocycles. The van der Waals surface area contributed by atoms with Crippen LogP contribution in [0.1, 0.15) is 17.3 Å². The van der Waals surface area contributed by atoms with E-state index in [1.807, 2.05) is 32.2 Å². The van der Waals surface area contributed by atoms with Crippen molar-refractivity contribution < 1.29 is 9.26 Å². The van der Waals surface area contributed by atoms with Crippen molar-refractivity contribution in [3.63, 3.8) is 0 Å². The average molecular weight is 247 g/mol. The van der Waals surface area contributed by atoms with E-state index in [1.54, 1.807) is 7.11 Å².